The predicted octanol–water partition coefficient (Wildman–Crippen LogP) is 3.80. The lowest BCUT2D eigenvalue weighted by atomic mass is 10.1. The lowest BCUT2D eigenvalue weighted by Crippen LogP contribution is -2.36. The summed E-state index contributed by atoms with van der Waals surface area (Å²) in [4.78, 5) is 12.3. The number of methoxy groups -OCH3 is 1. The summed E-state index contributed by atoms with van der Waals surface area (Å²) >= 11 is 0. The number of nitriles is 1. The van der Waals surface area contributed by atoms with E-state index in [1.54, 1.807) is 38.3 Å². The smallest absolute Gasteiger partial charge is 0.261 e. The average molecular weight is 360 g/mol. The molecule has 0 spiro atoms. The van der Waals surface area contributed by atoms with Crippen LogP contribution in [0.5, 0.6) is 11.5 Å². The maximum absolute atomic E-state index is 12.3. The van der Waals surface area contributed by atoms with Crippen LogP contribution in [0.25, 0.3) is 10.8 Å². The van der Waals surface area contributed by atoms with E-state index >= 15 is 0 Å². The first kappa shape index (κ1) is 18.3. The average Bonchev–Trinajstić information content (AvgIpc) is 2.71. The molecule has 1 N–H and O–H groups in total. The van der Waals surface area contributed by atoms with Crippen molar-refractivity contribution in [2.45, 2.75) is 19.6 Å². The number of hydrogen-bond donors (Lipinski definition) is 1. The number of fused-ring (bicyclic) bond motifs is 1. The second-order valence-corrected chi connectivity index (χ2v) is 6.13. The number of ether oxygens (including phenoxy) is 2. The molecule has 0 aliphatic carbocycles. The molecule has 0 fully saturated rings. The third-order valence-electron chi connectivity index (χ3n) is 4.26. The van der Waals surface area contributed by atoms with Crippen LogP contribution in [0, 0.1) is 11.3 Å². The second-order valence-electron chi connectivity index (χ2n) is 6.13. The predicted molar refractivity (Wildman–Crippen MR) is 104 cm³/mol. The quantitative estimate of drug-likeness (QED) is 0.726. The standard InChI is InChI=1S/C22H20N2O3/c1-15(27-21-6-4-3-5-19(21)13-23)22(25)24-14-16-7-8-18-12-20(26-2)10-9-17(18)11-16/h3-12,15H,14H2,1-2H3,(H,24,25). The fraction of sp³-hybridized carbons (Fsp3) is 0.182. The molecule has 3 aromatic rings. The highest BCUT2D eigenvalue weighted by Crippen LogP contribution is 2.22. The normalized spacial score (nSPS) is 11.4. The van der Waals surface area contributed by atoms with Crippen molar-refractivity contribution < 1.29 is 14.3 Å². The molecule has 0 aromatic heterocycles. The van der Waals surface area contributed by atoms with E-state index < -0.39 is 6.10 Å². The van der Waals surface area contributed by atoms with Gasteiger partial charge in [-0.3, -0.25) is 4.79 Å². The minimum atomic E-state index is -0.704. The molecule has 0 bridgehead atoms. The van der Waals surface area contributed by atoms with Crippen molar-refractivity contribution in [2.24, 2.45) is 0 Å². The molecule has 136 valence electrons. The summed E-state index contributed by atoms with van der Waals surface area (Å²) in [7, 11) is 1.64. The summed E-state index contributed by atoms with van der Waals surface area (Å²) in [6, 6.07) is 20.8. The minimum absolute atomic E-state index is 0.238. The molecule has 5 heteroatoms. The second kappa shape index (κ2) is 8.24. The van der Waals surface area contributed by atoms with Gasteiger partial charge >= 0.3 is 0 Å². The van der Waals surface area contributed by atoms with E-state index in [9.17, 15) is 4.79 Å². The molecule has 1 atom stereocenters. The van der Waals surface area contributed by atoms with Crippen LogP contribution in [0.3, 0.4) is 0 Å². The van der Waals surface area contributed by atoms with Gasteiger partial charge in [-0.15, -0.1) is 0 Å². The zero-order chi connectivity index (χ0) is 19.2. The topological polar surface area (TPSA) is 71.3 Å². The van der Waals surface area contributed by atoms with Gasteiger partial charge in [0, 0.05) is 6.54 Å². The third kappa shape index (κ3) is 4.36. The van der Waals surface area contributed by atoms with E-state index in [4.69, 9.17) is 14.7 Å². The number of nitrogens with one attached hydrogen (secondary N) is 1. The Bertz CT molecular complexity index is 1010. The Morgan fingerprint density at radius 2 is 1.85 bits per heavy atom. The van der Waals surface area contributed by atoms with Crippen LogP contribution < -0.4 is 14.8 Å². The van der Waals surface area contributed by atoms with Gasteiger partial charge in [-0.2, -0.15) is 5.26 Å². The number of benzene rings is 3. The van der Waals surface area contributed by atoms with Crippen molar-refractivity contribution in [3.63, 3.8) is 0 Å². The Morgan fingerprint density at radius 3 is 2.63 bits per heavy atom. The minimum Gasteiger partial charge on any atom is -0.497 e. The molecule has 0 aliphatic heterocycles. The summed E-state index contributed by atoms with van der Waals surface area (Å²) in [6.07, 6.45) is -0.704. The monoisotopic (exact) mass is 360 g/mol. The zero-order valence-corrected chi connectivity index (χ0v) is 15.2. The molecule has 5 nitrogen and oxygen atoms in total. The number of nitrogens with zero attached hydrogens (tertiary/aromatic N) is 1. The highest BCUT2D eigenvalue weighted by molar-refractivity contribution is 5.85. The first-order chi connectivity index (χ1) is 13.1. The van der Waals surface area contributed by atoms with Gasteiger partial charge in [0.1, 0.15) is 17.6 Å². The highest BCUT2D eigenvalue weighted by Gasteiger charge is 2.16. The highest BCUT2D eigenvalue weighted by atomic mass is 16.5. The van der Waals surface area contributed by atoms with Crippen molar-refractivity contribution in [2.75, 3.05) is 7.11 Å². The Balaban J connectivity index is 1.63. The molecule has 3 aromatic carbocycles. The number of carbonyl (C=O) groups excluding carboxylic acids is 1. The van der Waals surface area contributed by atoms with Crippen molar-refractivity contribution in [3.8, 4) is 17.6 Å². The third-order valence-corrected chi connectivity index (χ3v) is 4.26. The van der Waals surface area contributed by atoms with Crippen molar-refractivity contribution >= 4 is 16.7 Å². The number of amides is 1. The molecule has 0 aliphatic rings. The SMILES string of the molecule is COc1ccc2cc(CNC(=O)C(C)Oc3ccccc3C#N)ccc2c1. The maximum Gasteiger partial charge on any atom is 0.261 e. The summed E-state index contributed by atoms with van der Waals surface area (Å²) < 4.78 is 10.9. The van der Waals surface area contributed by atoms with Crippen LogP contribution in [0.15, 0.2) is 60.7 Å². The van der Waals surface area contributed by atoms with E-state index in [1.165, 1.54) is 0 Å². The largest absolute Gasteiger partial charge is 0.497 e. The molecule has 1 unspecified atom stereocenters. The van der Waals surface area contributed by atoms with Gasteiger partial charge in [-0.1, -0.05) is 30.3 Å². The number of carbonyl (C=O) groups is 1. The van der Waals surface area contributed by atoms with Crippen molar-refractivity contribution in [1.82, 2.24) is 5.32 Å². The molecule has 27 heavy (non-hydrogen) atoms. The molecule has 0 saturated carbocycles. The maximum atomic E-state index is 12.3. The number of rotatable bonds is 6. The summed E-state index contributed by atoms with van der Waals surface area (Å²) in [5, 5.41) is 14.1. The molecule has 0 heterocycles. The van der Waals surface area contributed by atoms with Gasteiger partial charge in [-0.25, -0.2) is 0 Å². The van der Waals surface area contributed by atoms with Crippen LogP contribution in [-0.2, 0) is 11.3 Å². The van der Waals surface area contributed by atoms with Gasteiger partial charge in [-0.05, 0) is 53.6 Å². The van der Waals surface area contributed by atoms with Gasteiger partial charge < -0.3 is 14.8 Å². The number of para-hydroxylation sites is 1. The Hall–Kier alpha value is -3.52. The van der Waals surface area contributed by atoms with E-state index in [1.807, 2.05) is 36.4 Å². The molecule has 1 amide bonds. The first-order valence-electron chi connectivity index (χ1n) is 8.61. The lowest BCUT2D eigenvalue weighted by molar-refractivity contribution is -0.127. The van der Waals surface area contributed by atoms with Crippen LogP contribution >= 0.6 is 0 Å². The number of hydrogen-bond acceptors (Lipinski definition) is 4. The van der Waals surface area contributed by atoms with E-state index in [0.717, 1.165) is 22.1 Å². The van der Waals surface area contributed by atoms with Crippen LogP contribution in [0.4, 0.5) is 0 Å². The van der Waals surface area contributed by atoms with Crippen LogP contribution in [0.2, 0.25) is 0 Å². The Labute approximate surface area is 158 Å². The van der Waals surface area contributed by atoms with E-state index in [-0.39, 0.29) is 5.91 Å². The van der Waals surface area contributed by atoms with E-state index in [0.29, 0.717) is 17.9 Å². The fourth-order valence-corrected chi connectivity index (χ4v) is 2.75. The zero-order valence-electron chi connectivity index (χ0n) is 15.2. The van der Waals surface area contributed by atoms with Gasteiger partial charge in [0.05, 0.1) is 12.7 Å². The molecular weight excluding hydrogens is 340 g/mol. The Morgan fingerprint density at radius 1 is 1.11 bits per heavy atom. The fourth-order valence-electron chi connectivity index (χ4n) is 2.75. The van der Waals surface area contributed by atoms with Crippen LogP contribution in [0.1, 0.15) is 18.1 Å². The Kier molecular flexibility index (Phi) is 5.58. The molecule has 0 radical (unpaired) electrons. The molecule has 0 saturated heterocycles. The van der Waals surface area contributed by atoms with Crippen molar-refractivity contribution in [1.29, 1.82) is 5.26 Å². The summed E-state index contributed by atoms with van der Waals surface area (Å²) in [5.41, 5.74) is 1.40. The van der Waals surface area contributed by atoms with Crippen molar-refractivity contribution in [3.05, 3.63) is 71.8 Å². The summed E-state index contributed by atoms with van der Waals surface area (Å²) in [5.74, 6) is 0.979. The molecule has 3 rings (SSSR count). The van der Waals surface area contributed by atoms with Gasteiger partial charge in [0.15, 0.2) is 6.10 Å². The van der Waals surface area contributed by atoms with E-state index in [2.05, 4.69) is 11.4 Å². The summed E-state index contributed by atoms with van der Waals surface area (Å²) in [6.45, 7) is 2.06. The van der Waals surface area contributed by atoms with Gasteiger partial charge in [0.2, 0.25) is 0 Å². The lowest BCUT2D eigenvalue weighted by Gasteiger charge is -2.15. The molecular formula is C22H20N2O3. The van der Waals surface area contributed by atoms with Gasteiger partial charge in [0.25, 0.3) is 5.91 Å². The first-order valence-corrected chi connectivity index (χ1v) is 8.61. The van der Waals surface area contributed by atoms with Crippen LogP contribution in [-0.4, -0.2) is 19.1 Å².